The van der Waals surface area contributed by atoms with Crippen LogP contribution in [0.15, 0.2) is 53.7 Å². The normalized spacial score (nSPS) is 10.6. The second-order valence-electron chi connectivity index (χ2n) is 5.79. The maximum atomic E-state index is 12.1. The third-order valence-corrected chi connectivity index (χ3v) is 5.19. The quantitative estimate of drug-likeness (QED) is 0.612. The molecule has 0 aliphatic carbocycles. The summed E-state index contributed by atoms with van der Waals surface area (Å²) in [5, 5.41) is 12.6. The van der Waals surface area contributed by atoms with Gasteiger partial charge in [-0.3, -0.25) is 4.79 Å². The molecule has 0 aliphatic heterocycles. The van der Waals surface area contributed by atoms with Gasteiger partial charge in [0.05, 0.1) is 12.9 Å². The summed E-state index contributed by atoms with van der Waals surface area (Å²) in [5.74, 6) is 1.72. The van der Waals surface area contributed by atoms with Crippen molar-refractivity contribution in [3.63, 3.8) is 0 Å². The van der Waals surface area contributed by atoms with Crippen LogP contribution in [0.4, 0.5) is 0 Å². The first-order valence-corrected chi connectivity index (χ1v) is 9.61. The number of carbonyl (C=O) groups excluding carboxylic acids is 1. The Morgan fingerprint density at radius 3 is 2.52 bits per heavy atom. The number of halogens is 1. The lowest BCUT2D eigenvalue weighted by atomic mass is 10.2. The molecule has 0 saturated heterocycles. The van der Waals surface area contributed by atoms with Crippen molar-refractivity contribution in [3.05, 3.63) is 59.1 Å². The third-order valence-electron chi connectivity index (χ3n) is 3.92. The van der Waals surface area contributed by atoms with Crippen LogP contribution in [0.2, 0.25) is 5.02 Å². The Labute approximate surface area is 166 Å². The first-order valence-electron chi connectivity index (χ1n) is 8.24. The molecule has 3 aromatic rings. The van der Waals surface area contributed by atoms with Gasteiger partial charge < -0.3 is 14.6 Å². The summed E-state index contributed by atoms with van der Waals surface area (Å²) in [6, 6.07) is 15.0. The molecule has 8 heteroatoms. The number of ether oxygens (including phenoxy) is 1. The van der Waals surface area contributed by atoms with Gasteiger partial charge in [-0.25, -0.2) is 0 Å². The monoisotopic (exact) mass is 402 g/mol. The summed E-state index contributed by atoms with van der Waals surface area (Å²) in [7, 11) is 3.50. The maximum absolute atomic E-state index is 12.1. The Hall–Kier alpha value is -2.51. The van der Waals surface area contributed by atoms with Crippen LogP contribution in [0.5, 0.6) is 5.75 Å². The number of benzene rings is 2. The van der Waals surface area contributed by atoms with Crippen LogP contribution >= 0.6 is 23.4 Å². The Balaban J connectivity index is 1.53. The minimum Gasteiger partial charge on any atom is -0.497 e. The summed E-state index contributed by atoms with van der Waals surface area (Å²) in [4.78, 5) is 12.1. The summed E-state index contributed by atoms with van der Waals surface area (Å²) < 4.78 is 6.99. The first-order chi connectivity index (χ1) is 13.1. The molecule has 1 amide bonds. The predicted molar refractivity (Wildman–Crippen MR) is 107 cm³/mol. The lowest BCUT2D eigenvalue weighted by Gasteiger charge is -2.07. The topological polar surface area (TPSA) is 69.0 Å². The zero-order valence-electron chi connectivity index (χ0n) is 15.0. The highest BCUT2D eigenvalue weighted by atomic mass is 35.5. The molecule has 0 saturated carbocycles. The van der Waals surface area contributed by atoms with Gasteiger partial charge in [0, 0.05) is 24.2 Å². The van der Waals surface area contributed by atoms with Gasteiger partial charge in [-0.2, -0.15) is 0 Å². The van der Waals surface area contributed by atoms with E-state index in [0.717, 1.165) is 22.7 Å². The van der Waals surface area contributed by atoms with Crippen LogP contribution in [0.1, 0.15) is 5.56 Å². The van der Waals surface area contributed by atoms with Gasteiger partial charge >= 0.3 is 0 Å². The highest BCUT2D eigenvalue weighted by molar-refractivity contribution is 7.99. The molecule has 1 N–H and O–H groups in total. The van der Waals surface area contributed by atoms with Crippen LogP contribution < -0.4 is 10.1 Å². The highest BCUT2D eigenvalue weighted by Crippen LogP contribution is 2.23. The average molecular weight is 403 g/mol. The molecule has 2 aromatic carbocycles. The molecule has 0 spiro atoms. The number of rotatable bonds is 7. The van der Waals surface area contributed by atoms with E-state index >= 15 is 0 Å². The van der Waals surface area contributed by atoms with Crippen molar-refractivity contribution in [2.24, 2.45) is 7.05 Å². The van der Waals surface area contributed by atoms with E-state index in [-0.39, 0.29) is 11.7 Å². The zero-order valence-corrected chi connectivity index (χ0v) is 16.5. The minimum absolute atomic E-state index is 0.0631. The molecule has 140 valence electrons. The summed E-state index contributed by atoms with van der Waals surface area (Å²) in [6.07, 6.45) is 0. The van der Waals surface area contributed by atoms with Gasteiger partial charge in [-0.05, 0) is 42.0 Å². The molecule has 0 bridgehead atoms. The number of hydrogen-bond acceptors (Lipinski definition) is 5. The largest absolute Gasteiger partial charge is 0.497 e. The van der Waals surface area contributed by atoms with Crippen molar-refractivity contribution >= 4 is 29.3 Å². The van der Waals surface area contributed by atoms with Gasteiger partial charge in [0.15, 0.2) is 11.0 Å². The standard InChI is InChI=1S/C19H19ClN4O2S/c1-24-18(14-5-7-15(20)8-6-14)22-23-19(24)27-12-17(25)21-11-13-3-9-16(26-2)10-4-13/h3-10H,11-12H2,1-2H3,(H,21,25). The first kappa shape index (κ1) is 19.3. The van der Waals surface area contributed by atoms with E-state index in [9.17, 15) is 4.79 Å². The van der Waals surface area contributed by atoms with E-state index in [1.165, 1.54) is 11.8 Å². The molecule has 0 fully saturated rings. The molecule has 1 aromatic heterocycles. The lowest BCUT2D eigenvalue weighted by Crippen LogP contribution is -2.24. The van der Waals surface area contributed by atoms with E-state index in [0.29, 0.717) is 16.7 Å². The maximum Gasteiger partial charge on any atom is 0.230 e. The van der Waals surface area contributed by atoms with Crippen LogP contribution in [0.25, 0.3) is 11.4 Å². The van der Waals surface area contributed by atoms with Crippen molar-refractivity contribution in [1.82, 2.24) is 20.1 Å². The molecule has 27 heavy (non-hydrogen) atoms. The fraction of sp³-hybridized carbons (Fsp3) is 0.211. The van der Waals surface area contributed by atoms with Crippen molar-refractivity contribution in [3.8, 4) is 17.1 Å². The number of amides is 1. The van der Waals surface area contributed by atoms with Crippen molar-refractivity contribution < 1.29 is 9.53 Å². The molecular formula is C19H19ClN4O2S. The summed E-state index contributed by atoms with van der Waals surface area (Å²) in [6.45, 7) is 0.470. The molecule has 0 atom stereocenters. The van der Waals surface area contributed by atoms with Crippen molar-refractivity contribution in [2.75, 3.05) is 12.9 Å². The third kappa shape index (κ3) is 5.02. The molecule has 0 radical (unpaired) electrons. The number of nitrogens with zero attached hydrogens (tertiary/aromatic N) is 3. The van der Waals surface area contributed by atoms with Crippen molar-refractivity contribution in [2.45, 2.75) is 11.7 Å². The summed E-state index contributed by atoms with van der Waals surface area (Å²) >= 11 is 7.27. The number of carbonyl (C=O) groups is 1. The highest BCUT2D eigenvalue weighted by Gasteiger charge is 2.13. The van der Waals surface area contributed by atoms with E-state index in [1.807, 2.05) is 60.1 Å². The second-order valence-corrected chi connectivity index (χ2v) is 7.16. The van der Waals surface area contributed by atoms with Crippen LogP contribution in [0.3, 0.4) is 0 Å². The predicted octanol–water partition coefficient (Wildman–Crippen LogP) is 3.55. The van der Waals surface area contributed by atoms with Crippen LogP contribution in [0, 0.1) is 0 Å². The molecule has 6 nitrogen and oxygen atoms in total. The van der Waals surface area contributed by atoms with Gasteiger partial charge in [0.1, 0.15) is 5.75 Å². The number of hydrogen-bond donors (Lipinski definition) is 1. The Kier molecular flexibility index (Phi) is 6.36. The Bertz CT molecular complexity index is 910. The van der Waals surface area contributed by atoms with E-state index in [1.54, 1.807) is 7.11 Å². The average Bonchev–Trinajstić information content (AvgIpc) is 3.06. The summed E-state index contributed by atoms with van der Waals surface area (Å²) in [5.41, 5.74) is 1.93. The van der Waals surface area contributed by atoms with Crippen LogP contribution in [-0.4, -0.2) is 33.5 Å². The van der Waals surface area contributed by atoms with Gasteiger partial charge in [-0.15, -0.1) is 10.2 Å². The number of nitrogens with one attached hydrogen (secondary N) is 1. The molecule has 1 heterocycles. The number of thioether (sulfide) groups is 1. The Morgan fingerprint density at radius 2 is 1.85 bits per heavy atom. The molecule has 0 unspecified atom stereocenters. The fourth-order valence-electron chi connectivity index (χ4n) is 2.42. The Morgan fingerprint density at radius 1 is 1.15 bits per heavy atom. The minimum atomic E-state index is -0.0631. The molecule has 3 rings (SSSR count). The number of aromatic nitrogens is 3. The van der Waals surface area contributed by atoms with Crippen molar-refractivity contribution in [1.29, 1.82) is 0 Å². The van der Waals surface area contributed by atoms with Gasteiger partial charge in [0.2, 0.25) is 5.91 Å². The van der Waals surface area contributed by atoms with E-state index < -0.39 is 0 Å². The van der Waals surface area contributed by atoms with Gasteiger partial charge in [0.25, 0.3) is 0 Å². The smallest absolute Gasteiger partial charge is 0.230 e. The van der Waals surface area contributed by atoms with Crippen LogP contribution in [-0.2, 0) is 18.4 Å². The van der Waals surface area contributed by atoms with E-state index in [4.69, 9.17) is 16.3 Å². The second kappa shape index (κ2) is 8.92. The van der Waals surface area contributed by atoms with E-state index in [2.05, 4.69) is 15.5 Å². The lowest BCUT2D eigenvalue weighted by molar-refractivity contribution is -0.118. The SMILES string of the molecule is COc1ccc(CNC(=O)CSc2nnc(-c3ccc(Cl)cc3)n2C)cc1. The van der Waals surface area contributed by atoms with Gasteiger partial charge in [-0.1, -0.05) is 35.5 Å². The zero-order chi connectivity index (χ0) is 19.2. The molecular weight excluding hydrogens is 384 g/mol. The number of methoxy groups -OCH3 is 1. The fourth-order valence-corrected chi connectivity index (χ4v) is 3.28. The molecule has 0 aliphatic rings.